The van der Waals surface area contributed by atoms with Crippen LogP contribution in [0, 0.1) is 0 Å². The number of aromatic nitrogens is 1. The van der Waals surface area contributed by atoms with E-state index in [1.54, 1.807) is 22.1 Å². The Bertz CT molecular complexity index is 552. The number of nitrogens with zero attached hydrogens (tertiary/aromatic N) is 4. The van der Waals surface area contributed by atoms with Crippen LogP contribution in [-0.4, -0.2) is 66.4 Å². The van der Waals surface area contributed by atoms with Crippen molar-refractivity contribution >= 4 is 17.6 Å². The van der Waals surface area contributed by atoms with Crippen molar-refractivity contribution in [3.05, 3.63) is 23.9 Å². The van der Waals surface area contributed by atoms with E-state index in [9.17, 15) is 9.59 Å². The molecule has 1 aliphatic rings. The number of rotatable bonds is 5. The minimum atomic E-state index is -0.337. The molecule has 1 aliphatic heterocycles. The maximum Gasteiger partial charge on any atom is 0.256 e. The second-order valence-electron chi connectivity index (χ2n) is 5.97. The molecule has 0 N–H and O–H groups in total. The van der Waals surface area contributed by atoms with Crippen molar-refractivity contribution in [2.24, 2.45) is 0 Å². The molecule has 0 aliphatic carbocycles. The fraction of sp³-hybridized carbons (Fsp3) is 0.588. The number of likely N-dealkylation sites (N-methyl/N-ethyl adjacent to an activating group) is 1. The van der Waals surface area contributed by atoms with Gasteiger partial charge in [0.05, 0.1) is 5.56 Å². The molecule has 126 valence electrons. The van der Waals surface area contributed by atoms with E-state index in [4.69, 9.17) is 0 Å². The molecule has 1 aromatic heterocycles. The van der Waals surface area contributed by atoms with E-state index in [1.165, 1.54) is 0 Å². The number of amides is 2. The summed E-state index contributed by atoms with van der Waals surface area (Å²) in [7, 11) is 3.81. The van der Waals surface area contributed by atoms with Gasteiger partial charge in [-0.2, -0.15) is 0 Å². The molecule has 23 heavy (non-hydrogen) atoms. The van der Waals surface area contributed by atoms with Gasteiger partial charge >= 0.3 is 0 Å². The van der Waals surface area contributed by atoms with Gasteiger partial charge in [-0.3, -0.25) is 9.59 Å². The normalized spacial score (nSPS) is 17.2. The molecule has 0 radical (unpaired) electrons. The van der Waals surface area contributed by atoms with Crippen LogP contribution in [0.15, 0.2) is 18.3 Å². The standard InChI is InChI=1S/C17H26N4O2/c1-5-20(6-2)17(23)14-8-7-11-21(14)16(22)13-9-10-15(18-12-13)19(3)4/h9-10,12,14H,5-8,11H2,1-4H3/t14-/m1/s1. The van der Waals surface area contributed by atoms with Crippen LogP contribution < -0.4 is 4.90 Å². The smallest absolute Gasteiger partial charge is 0.256 e. The van der Waals surface area contributed by atoms with Crippen LogP contribution in [-0.2, 0) is 4.79 Å². The third kappa shape index (κ3) is 3.63. The molecule has 2 heterocycles. The minimum Gasteiger partial charge on any atom is -0.363 e. The molecule has 0 saturated carbocycles. The lowest BCUT2D eigenvalue weighted by Gasteiger charge is -2.29. The van der Waals surface area contributed by atoms with Gasteiger partial charge in [0, 0.05) is 39.9 Å². The number of hydrogen-bond donors (Lipinski definition) is 0. The summed E-state index contributed by atoms with van der Waals surface area (Å²) >= 11 is 0. The number of carbonyl (C=O) groups is 2. The zero-order valence-electron chi connectivity index (χ0n) is 14.5. The molecule has 2 amide bonds. The molecule has 0 unspecified atom stereocenters. The van der Waals surface area contributed by atoms with Crippen LogP contribution in [0.1, 0.15) is 37.0 Å². The van der Waals surface area contributed by atoms with Crippen LogP contribution in [0.2, 0.25) is 0 Å². The highest BCUT2D eigenvalue weighted by molar-refractivity contribution is 5.97. The number of hydrogen-bond acceptors (Lipinski definition) is 4. The number of carbonyl (C=O) groups excluding carboxylic acids is 2. The predicted octanol–water partition coefficient (Wildman–Crippen LogP) is 1.62. The first kappa shape index (κ1) is 17.2. The molecule has 1 aromatic rings. The fourth-order valence-electron chi connectivity index (χ4n) is 2.96. The predicted molar refractivity (Wildman–Crippen MR) is 90.6 cm³/mol. The number of likely N-dealkylation sites (tertiary alicyclic amines) is 1. The van der Waals surface area contributed by atoms with E-state index in [0.29, 0.717) is 25.2 Å². The number of pyridine rings is 1. The Balaban J connectivity index is 2.15. The van der Waals surface area contributed by atoms with E-state index in [1.807, 2.05) is 38.9 Å². The van der Waals surface area contributed by atoms with Crippen LogP contribution in [0.4, 0.5) is 5.82 Å². The van der Waals surface area contributed by atoms with Gasteiger partial charge in [0.1, 0.15) is 11.9 Å². The van der Waals surface area contributed by atoms with E-state index in [-0.39, 0.29) is 17.9 Å². The first-order chi connectivity index (χ1) is 11.0. The van der Waals surface area contributed by atoms with Crippen molar-refractivity contribution in [3.8, 4) is 0 Å². The summed E-state index contributed by atoms with van der Waals surface area (Å²) in [6, 6.07) is 3.27. The summed E-state index contributed by atoms with van der Waals surface area (Å²) in [6.45, 7) is 5.91. The monoisotopic (exact) mass is 318 g/mol. The molecule has 0 spiro atoms. The highest BCUT2D eigenvalue weighted by atomic mass is 16.2. The van der Waals surface area contributed by atoms with Gasteiger partial charge in [-0.05, 0) is 38.8 Å². The van der Waals surface area contributed by atoms with Crippen molar-refractivity contribution in [2.45, 2.75) is 32.7 Å². The zero-order chi connectivity index (χ0) is 17.0. The highest BCUT2D eigenvalue weighted by Gasteiger charge is 2.36. The van der Waals surface area contributed by atoms with Crippen LogP contribution in [0.25, 0.3) is 0 Å². The Labute approximate surface area is 138 Å². The molecule has 0 bridgehead atoms. The molecule has 2 rings (SSSR count). The lowest BCUT2D eigenvalue weighted by atomic mass is 10.1. The quantitative estimate of drug-likeness (QED) is 0.828. The van der Waals surface area contributed by atoms with Crippen molar-refractivity contribution < 1.29 is 9.59 Å². The van der Waals surface area contributed by atoms with Gasteiger partial charge in [-0.25, -0.2) is 4.98 Å². The lowest BCUT2D eigenvalue weighted by molar-refractivity contribution is -0.134. The average Bonchev–Trinajstić information content (AvgIpc) is 3.04. The van der Waals surface area contributed by atoms with E-state index in [0.717, 1.165) is 18.7 Å². The van der Waals surface area contributed by atoms with Gasteiger partial charge in [-0.1, -0.05) is 0 Å². The van der Waals surface area contributed by atoms with Crippen LogP contribution >= 0.6 is 0 Å². The lowest BCUT2D eigenvalue weighted by Crippen LogP contribution is -2.47. The van der Waals surface area contributed by atoms with Gasteiger partial charge in [-0.15, -0.1) is 0 Å². The van der Waals surface area contributed by atoms with E-state index >= 15 is 0 Å². The largest absolute Gasteiger partial charge is 0.363 e. The molecule has 1 atom stereocenters. The summed E-state index contributed by atoms with van der Waals surface area (Å²) < 4.78 is 0. The first-order valence-electron chi connectivity index (χ1n) is 8.22. The molecular weight excluding hydrogens is 292 g/mol. The summed E-state index contributed by atoms with van der Waals surface area (Å²) in [6.07, 6.45) is 3.20. The van der Waals surface area contributed by atoms with Crippen molar-refractivity contribution in [2.75, 3.05) is 38.6 Å². The summed E-state index contributed by atoms with van der Waals surface area (Å²) in [5.74, 6) is 0.753. The van der Waals surface area contributed by atoms with E-state index < -0.39 is 0 Å². The van der Waals surface area contributed by atoms with Gasteiger partial charge in [0.2, 0.25) is 5.91 Å². The Morgan fingerprint density at radius 1 is 1.26 bits per heavy atom. The second kappa shape index (κ2) is 7.44. The van der Waals surface area contributed by atoms with Crippen LogP contribution in [0.3, 0.4) is 0 Å². The van der Waals surface area contributed by atoms with Gasteiger partial charge in [0.25, 0.3) is 5.91 Å². The van der Waals surface area contributed by atoms with Crippen LogP contribution in [0.5, 0.6) is 0 Å². The Hall–Kier alpha value is -2.11. The zero-order valence-corrected chi connectivity index (χ0v) is 14.5. The second-order valence-corrected chi connectivity index (χ2v) is 5.97. The molecule has 1 fully saturated rings. The molecule has 6 heteroatoms. The fourth-order valence-corrected chi connectivity index (χ4v) is 2.96. The SMILES string of the molecule is CCN(CC)C(=O)[C@H]1CCCN1C(=O)c1ccc(N(C)C)nc1. The minimum absolute atomic E-state index is 0.0544. The number of anilines is 1. The summed E-state index contributed by atoms with van der Waals surface area (Å²) in [5.41, 5.74) is 0.537. The first-order valence-corrected chi connectivity index (χ1v) is 8.22. The third-order valence-corrected chi connectivity index (χ3v) is 4.33. The Morgan fingerprint density at radius 2 is 1.96 bits per heavy atom. The van der Waals surface area contributed by atoms with Crippen molar-refractivity contribution in [1.29, 1.82) is 0 Å². The van der Waals surface area contributed by atoms with Gasteiger partial charge in [0.15, 0.2) is 0 Å². The Kier molecular flexibility index (Phi) is 5.58. The molecule has 6 nitrogen and oxygen atoms in total. The third-order valence-electron chi connectivity index (χ3n) is 4.33. The maximum absolute atomic E-state index is 12.7. The van der Waals surface area contributed by atoms with Crippen molar-refractivity contribution in [3.63, 3.8) is 0 Å². The highest BCUT2D eigenvalue weighted by Crippen LogP contribution is 2.22. The van der Waals surface area contributed by atoms with E-state index in [2.05, 4.69) is 4.98 Å². The maximum atomic E-state index is 12.7. The van der Waals surface area contributed by atoms with Crippen molar-refractivity contribution in [1.82, 2.24) is 14.8 Å². The topological polar surface area (TPSA) is 56.8 Å². The van der Waals surface area contributed by atoms with Gasteiger partial charge < -0.3 is 14.7 Å². The molecule has 1 saturated heterocycles. The average molecular weight is 318 g/mol. The molecular formula is C17H26N4O2. The summed E-state index contributed by atoms with van der Waals surface area (Å²) in [4.78, 5) is 35.0. The summed E-state index contributed by atoms with van der Waals surface area (Å²) in [5, 5.41) is 0. The Morgan fingerprint density at radius 3 is 2.48 bits per heavy atom. The molecule has 0 aromatic carbocycles.